The number of hydrogen-bond acceptors (Lipinski definition) is 5. The van der Waals surface area contributed by atoms with Gasteiger partial charge in [-0.1, -0.05) is 0 Å². The highest BCUT2D eigenvalue weighted by molar-refractivity contribution is 5.89. The quantitative estimate of drug-likeness (QED) is 0.773. The van der Waals surface area contributed by atoms with Crippen molar-refractivity contribution in [3.63, 3.8) is 0 Å². The van der Waals surface area contributed by atoms with E-state index in [1.807, 2.05) is 9.80 Å². The van der Waals surface area contributed by atoms with Gasteiger partial charge in [0.2, 0.25) is 5.91 Å². The van der Waals surface area contributed by atoms with E-state index in [0.29, 0.717) is 37.6 Å². The van der Waals surface area contributed by atoms with Crippen LogP contribution in [0.3, 0.4) is 0 Å². The van der Waals surface area contributed by atoms with Crippen molar-refractivity contribution >= 4 is 23.4 Å². The summed E-state index contributed by atoms with van der Waals surface area (Å²) in [6, 6.07) is 5.12. The number of cyclic esters (lactones) is 1. The molecule has 3 heterocycles. The number of rotatable bonds is 3. The van der Waals surface area contributed by atoms with Crippen molar-refractivity contribution in [3.8, 4) is 0 Å². The zero-order valence-electron chi connectivity index (χ0n) is 18.5. The molecule has 2 amide bonds. The van der Waals surface area contributed by atoms with E-state index in [1.165, 1.54) is 11.0 Å². The molecule has 1 aliphatic carbocycles. The molecule has 32 heavy (non-hydrogen) atoms. The number of likely N-dealkylation sites (tertiary alicyclic amines) is 1. The number of piperidine rings is 1. The molecule has 4 aliphatic rings. The van der Waals surface area contributed by atoms with Crippen LogP contribution in [0.25, 0.3) is 0 Å². The van der Waals surface area contributed by atoms with Crippen molar-refractivity contribution in [2.75, 3.05) is 42.6 Å². The van der Waals surface area contributed by atoms with Gasteiger partial charge in [-0.3, -0.25) is 9.69 Å². The van der Waals surface area contributed by atoms with Crippen LogP contribution in [0.5, 0.6) is 0 Å². The van der Waals surface area contributed by atoms with Gasteiger partial charge in [0.25, 0.3) is 0 Å². The normalized spacial score (nSPS) is 31.4. The Morgan fingerprint density at radius 3 is 2.59 bits per heavy atom. The average molecular weight is 446 g/mol. The van der Waals surface area contributed by atoms with E-state index in [-0.39, 0.29) is 23.9 Å². The fraction of sp³-hybridized carbons (Fsp3) is 0.667. The van der Waals surface area contributed by atoms with Gasteiger partial charge in [0.1, 0.15) is 5.82 Å². The van der Waals surface area contributed by atoms with Crippen molar-refractivity contribution < 1.29 is 23.8 Å². The fourth-order valence-electron chi connectivity index (χ4n) is 5.99. The Hall–Kier alpha value is -2.35. The van der Waals surface area contributed by atoms with Gasteiger partial charge < -0.3 is 19.6 Å². The second-order valence-corrected chi connectivity index (χ2v) is 9.77. The molecule has 0 unspecified atom stereocenters. The Morgan fingerprint density at radius 1 is 1.03 bits per heavy atom. The average Bonchev–Trinajstić information content (AvgIpc) is 3.10. The third-order valence-electron chi connectivity index (χ3n) is 7.79. The van der Waals surface area contributed by atoms with Gasteiger partial charge >= 0.3 is 6.09 Å². The topological polar surface area (TPSA) is 73.3 Å². The number of benzene rings is 1. The fourth-order valence-corrected chi connectivity index (χ4v) is 5.99. The number of anilines is 2. The second kappa shape index (κ2) is 8.54. The highest BCUT2D eigenvalue weighted by Crippen LogP contribution is 2.44. The minimum absolute atomic E-state index is 0.205. The van der Waals surface area contributed by atoms with Crippen molar-refractivity contribution in [2.24, 2.45) is 5.41 Å². The van der Waals surface area contributed by atoms with E-state index in [0.717, 1.165) is 57.9 Å². The van der Waals surface area contributed by atoms with Crippen LogP contribution in [0.1, 0.15) is 51.4 Å². The van der Waals surface area contributed by atoms with E-state index < -0.39 is 11.5 Å². The van der Waals surface area contributed by atoms with Crippen LogP contribution in [0.15, 0.2) is 18.2 Å². The minimum atomic E-state index is -0.448. The standard InChI is InChI=1S/C24H32FN3O4/c25-20-15-18(28-12-2-14-32-23(28)31)5-8-21(20)26-11-1-9-24(16-26)10-13-27(22(24)30)17-3-6-19(29)7-4-17/h5,8,15,17,19,29H,1-4,6-7,9-14,16H2/t17?,19?,24-/m0/s1. The smallest absolute Gasteiger partial charge is 0.414 e. The predicted molar refractivity (Wildman–Crippen MR) is 118 cm³/mol. The zero-order valence-corrected chi connectivity index (χ0v) is 18.5. The molecule has 1 spiro atoms. The number of carbonyl (C=O) groups is 2. The lowest BCUT2D eigenvalue weighted by Gasteiger charge is -2.41. The summed E-state index contributed by atoms with van der Waals surface area (Å²) in [7, 11) is 0. The van der Waals surface area contributed by atoms with Crippen LogP contribution in [-0.4, -0.2) is 66.9 Å². The summed E-state index contributed by atoms with van der Waals surface area (Å²) < 4.78 is 20.2. The summed E-state index contributed by atoms with van der Waals surface area (Å²) >= 11 is 0. The first-order valence-electron chi connectivity index (χ1n) is 11.9. The second-order valence-electron chi connectivity index (χ2n) is 9.77. The van der Waals surface area contributed by atoms with Gasteiger partial charge in [0.05, 0.1) is 29.5 Å². The first kappa shape index (κ1) is 21.5. The molecule has 1 aromatic carbocycles. The van der Waals surface area contributed by atoms with Gasteiger partial charge in [-0.2, -0.15) is 0 Å². The molecule has 0 aromatic heterocycles. The lowest BCUT2D eigenvalue weighted by molar-refractivity contribution is -0.139. The monoisotopic (exact) mass is 445 g/mol. The number of carbonyl (C=O) groups excluding carboxylic acids is 2. The lowest BCUT2D eigenvalue weighted by Crippen LogP contribution is -2.50. The maximum Gasteiger partial charge on any atom is 0.414 e. The van der Waals surface area contributed by atoms with E-state index >= 15 is 4.39 Å². The first-order chi connectivity index (χ1) is 15.5. The van der Waals surface area contributed by atoms with E-state index in [4.69, 9.17) is 4.74 Å². The summed E-state index contributed by atoms with van der Waals surface area (Å²) in [6.45, 7) is 2.92. The molecule has 0 radical (unpaired) electrons. The maximum absolute atomic E-state index is 15.2. The maximum atomic E-state index is 15.2. The first-order valence-corrected chi connectivity index (χ1v) is 11.9. The number of hydrogen-bond donors (Lipinski definition) is 1. The van der Waals surface area contributed by atoms with E-state index in [9.17, 15) is 14.7 Å². The number of aliphatic hydroxyl groups is 1. The predicted octanol–water partition coefficient (Wildman–Crippen LogP) is 3.29. The minimum Gasteiger partial charge on any atom is -0.449 e. The number of nitrogens with zero attached hydrogens (tertiary/aromatic N) is 3. The van der Waals surface area contributed by atoms with Crippen LogP contribution in [0.2, 0.25) is 0 Å². The Morgan fingerprint density at radius 2 is 1.84 bits per heavy atom. The Kier molecular flexibility index (Phi) is 5.73. The van der Waals surface area contributed by atoms with Gasteiger partial charge in [-0.15, -0.1) is 0 Å². The molecule has 8 heteroatoms. The van der Waals surface area contributed by atoms with E-state index in [1.54, 1.807) is 12.1 Å². The van der Waals surface area contributed by atoms with Crippen LogP contribution in [0, 0.1) is 11.2 Å². The summed E-state index contributed by atoms with van der Waals surface area (Å²) in [5.41, 5.74) is 0.548. The van der Waals surface area contributed by atoms with Gasteiger partial charge in [0.15, 0.2) is 0 Å². The Labute approximate surface area is 188 Å². The molecule has 3 saturated heterocycles. The number of ether oxygens (including phenoxy) is 1. The number of halogens is 1. The van der Waals surface area contributed by atoms with Gasteiger partial charge in [0, 0.05) is 32.2 Å². The highest BCUT2D eigenvalue weighted by Gasteiger charge is 2.50. The summed E-state index contributed by atoms with van der Waals surface area (Å²) in [6.07, 6.45) is 5.79. The molecular formula is C24H32FN3O4. The molecule has 4 fully saturated rings. The van der Waals surface area contributed by atoms with Crippen molar-refractivity contribution in [1.29, 1.82) is 0 Å². The van der Waals surface area contributed by atoms with Crippen LogP contribution < -0.4 is 9.80 Å². The van der Waals surface area contributed by atoms with Crippen molar-refractivity contribution in [3.05, 3.63) is 24.0 Å². The highest BCUT2D eigenvalue weighted by atomic mass is 19.1. The third-order valence-corrected chi connectivity index (χ3v) is 7.79. The molecule has 1 atom stereocenters. The van der Waals surface area contributed by atoms with Crippen LogP contribution >= 0.6 is 0 Å². The molecule has 7 nitrogen and oxygen atoms in total. The molecule has 0 bridgehead atoms. The van der Waals surface area contributed by atoms with Crippen molar-refractivity contribution in [1.82, 2.24) is 4.90 Å². The van der Waals surface area contributed by atoms with Gasteiger partial charge in [-0.05, 0) is 69.6 Å². The Balaban J connectivity index is 1.31. The van der Waals surface area contributed by atoms with Crippen LogP contribution in [-0.2, 0) is 9.53 Å². The van der Waals surface area contributed by atoms with Crippen LogP contribution in [0.4, 0.5) is 20.6 Å². The molecule has 1 aromatic rings. The molecule has 1 saturated carbocycles. The van der Waals surface area contributed by atoms with E-state index in [2.05, 4.69) is 0 Å². The summed E-state index contributed by atoms with van der Waals surface area (Å²) in [4.78, 5) is 31.0. The molecule has 5 rings (SSSR count). The zero-order chi connectivity index (χ0) is 22.3. The summed E-state index contributed by atoms with van der Waals surface area (Å²) in [5.74, 6) is -0.168. The molecule has 174 valence electrons. The number of aliphatic hydroxyl groups excluding tert-OH is 1. The lowest BCUT2D eigenvalue weighted by atomic mass is 9.78. The molecular weight excluding hydrogens is 413 g/mol. The largest absolute Gasteiger partial charge is 0.449 e. The molecule has 1 N–H and O–H groups in total. The summed E-state index contributed by atoms with van der Waals surface area (Å²) in [5, 5.41) is 9.81. The number of amides is 2. The van der Waals surface area contributed by atoms with Gasteiger partial charge in [-0.25, -0.2) is 9.18 Å². The van der Waals surface area contributed by atoms with Crippen molar-refractivity contribution in [2.45, 2.75) is 63.5 Å². The SMILES string of the molecule is O=C1OCCCN1c1ccc(N2CCC[C@]3(CCN(C4CCC(O)CC4)C3=O)C2)c(F)c1. The molecule has 3 aliphatic heterocycles. The third kappa shape index (κ3) is 3.83. The Bertz CT molecular complexity index is 888.